The molecule has 0 heterocycles. The van der Waals surface area contributed by atoms with Gasteiger partial charge in [-0.25, -0.2) is 0 Å². The molecule has 38 heavy (non-hydrogen) atoms. The minimum absolute atomic E-state index is 0.00379. The average Bonchev–Trinajstić information content (AvgIpc) is 3.36. The first-order chi connectivity index (χ1) is 17.9. The molecule has 0 unspecified atom stereocenters. The van der Waals surface area contributed by atoms with Gasteiger partial charge >= 0.3 is 0 Å². The fraction of sp³-hybridized carbons (Fsp3) is 0.519. The minimum Gasteiger partial charge on any atom is -0.508 e. The Bertz CT molecular complexity index is 1310. The first-order valence-corrected chi connectivity index (χ1v) is 13.2. The summed E-state index contributed by atoms with van der Waals surface area (Å²) in [6.07, 6.45) is 4.65. The summed E-state index contributed by atoms with van der Waals surface area (Å²) < 4.78 is 0. The van der Waals surface area contributed by atoms with Crippen molar-refractivity contribution in [3.8, 4) is 5.75 Å². The quantitative estimate of drug-likeness (QED) is 0.301. The van der Waals surface area contributed by atoms with E-state index in [2.05, 4.69) is 5.32 Å². The number of Topliss-reactive ketones (excluding diaryl/α,β-unsaturated/α-hetero) is 2. The van der Waals surface area contributed by atoms with Gasteiger partial charge in [0.2, 0.25) is 5.78 Å². The minimum atomic E-state index is -2.66. The number of likely N-dealkylation sites (N-methyl/N-ethyl adjacent to an activating group) is 1. The summed E-state index contributed by atoms with van der Waals surface area (Å²) in [5.74, 6) is -6.79. The lowest BCUT2D eigenvalue weighted by atomic mass is 9.57. The second-order valence-electron chi connectivity index (χ2n) is 11.0. The van der Waals surface area contributed by atoms with Crippen molar-refractivity contribution in [1.82, 2.24) is 10.2 Å². The number of ketones is 2. The van der Waals surface area contributed by atoms with Gasteiger partial charge in [0, 0.05) is 29.1 Å². The van der Waals surface area contributed by atoms with Gasteiger partial charge in [0.15, 0.2) is 11.4 Å². The molecule has 0 aliphatic heterocycles. The molecule has 1 aromatic carbocycles. The maximum Gasteiger partial charge on any atom is 0.255 e. The molecule has 0 spiro atoms. The molecule has 7 N–H and O–H groups in total. The third kappa shape index (κ3) is 3.77. The maximum atomic E-state index is 13.8. The predicted molar refractivity (Wildman–Crippen MR) is 138 cm³/mol. The van der Waals surface area contributed by atoms with E-state index in [1.807, 2.05) is 0 Å². The number of benzene rings is 1. The Balaban J connectivity index is 1.61. The monoisotopic (exact) mass is 545 g/mol. The van der Waals surface area contributed by atoms with E-state index in [1.54, 1.807) is 14.1 Å². The molecule has 2 fully saturated rings. The lowest BCUT2D eigenvalue weighted by molar-refractivity contribution is -0.153. The zero-order chi connectivity index (χ0) is 27.7. The fourth-order valence-corrected chi connectivity index (χ4v) is 7.15. The molecule has 0 radical (unpaired) electrons. The molecular weight excluding hydrogens is 514 g/mol. The topological polar surface area (TPSA) is 173 Å². The third-order valence-corrected chi connectivity index (χ3v) is 9.14. The number of rotatable bonds is 5. The van der Waals surface area contributed by atoms with Crippen LogP contribution >= 0.6 is 11.6 Å². The van der Waals surface area contributed by atoms with Crippen molar-refractivity contribution >= 4 is 34.8 Å². The van der Waals surface area contributed by atoms with E-state index >= 15 is 0 Å². The van der Waals surface area contributed by atoms with Gasteiger partial charge in [0.1, 0.15) is 22.8 Å². The van der Waals surface area contributed by atoms with Gasteiger partial charge in [-0.3, -0.25) is 19.3 Å². The van der Waals surface area contributed by atoms with Gasteiger partial charge in [-0.2, -0.15) is 0 Å². The molecule has 5 rings (SSSR count). The lowest BCUT2D eigenvalue weighted by Crippen LogP contribution is -2.65. The van der Waals surface area contributed by atoms with Crippen molar-refractivity contribution in [2.45, 2.75) is 62.8 Å². The number of phenols is 1. The van der Waals surface area contributed by atoms with Gasteiger partial charge in [-0.15, -0.1) is 0 Å². The van der Waals surface area contributed by atoms with Crippen LogP contribution in [0.5, 0.6) is 5.75 Å². The van der Waals surface area contributed by atoms with E-state index in [4.69, 9.17) is 17.3 Å². The number of carbonyl (C=O) groups excluding carboxylic acids is 3. The van der Waals surface area contributed by atoms with Crippen LogP contribution in [0.2, 0.25) is 5.02 Å². The Kier molecular flexibility index (Phi) is 6.58. The Morgan fingerprint density at radius 3 is 2.47 bits per heavy atom. The summed E-state index contributed by atoms with van der Waals surface area (Å²) in [4.78, 5) is 40.5. The van der Waals surface area contributed by atoms with Crippen LogP contribution in [0.3, 0.4) is 0 Å². The first kappa shape index (κ1) is 26.7. The molecule has 0 bridgehead atoms. The number of nitrogens with zero attached hydrogens (tertiary/aromatic N) is 1. The van der Waals surface area contributed by atoms with E-state index in [1.165, 1.54) is 11.0 Å². The Hall–Kier alpha value is -2.92. The molecule has 2 saturated carbocycles. The number of aliphatic hydroxyl groups is 3. The standard InChI is InChI=1S/C27H32ClN3O7/c1-31(2)21-15-8-11-7-14-18(16(32)9-12(20(14)28)10-30-13-5-3-4-6-13)22(33)17(11)24(35)27(15,38)25(36)19(23(21)34)26(29)37/h9,11,13,15,21,30,32-33,36,38H,3-8,10H2,1-2H3,(H2,29,37)/t11-,15-,21-,27-/m0/s1. The smallest absolute Gasteiger partial charge is 0.255 e. The molecule has 204 valence electrons. The summed E-state index contributed by atoms with van der Waals surface area (Å²) in [5.41, 5.74) is 2.78. The van der Waals surface area contributed by atoms with Crippen molar-refractivity contribution in [1.29, 1.82) is 0 Å². The number of amides is 1. The van der Waals surface area contributed by atoms with Crippen molar-refractivity contribution in [2.75, 3.05) is 14.1 Å². The largest absolute Gasteiger partial charge is 0.508 e. The van der Waals surface area contributed by atoms with E-state index < -0.39 is 58.0 Å². The molecule has 1 amide bonds. The number of aliphatic hydroxyl groups excluding tert-OH is 2. The zero-order valence-corrected chi connectivity index (χ0v) is 22.0. The summed E-state index contributed by atoms with van der Waals surface area (Å²) in [6, 6.07) is 0.698. The number of nitrogens with one attached hydrogen (secondary N) is 1. The molecule has 0 saturated heterocycles. The number of halogens is 1. The number of hydrogen-bond donors (Lipinski definition) is 6. The van der Waals surface area contributed by atoms with E-state index in [0.717, 1.165) is 25.7 Å². The fourth-order valence-electron chi connectivity index (χ4n) is 6.86. The molecule has 4 aliphatic rings. The van der Waals surface area contributed by atoms with Crippen molar-refractivity contribution in [2.24, 2.45) is 17.6 Å². The normalized spacial score (nSPS) is 29.6. The molecule has 0 aromatic heterocycles. The average molecular weight is 546 g/mol. The second kappa shape index (κ2) is 9.37. The molecule has 4 aliphatic carbocycles. The maximum absolute atomic E-state index is 13.8. The summed E-state index contributed by atoms with van der Waals surface area (Å²) in [7, 11) is 3.12. The third-order valence-electron chi connectivity index (χ3n) is 8.67. The number of fused-ring (bicyclic) bond motifs is 3. The number of primary amides is 1. The van der Waals surface area contributed by atoms with Crippen LogP contribution in [0, 0.1) is 11.8 Å². The van der Waals surface area contributed by atoms with Gasteiger partial charge in [-0.1, -0.05) is 24.4 Å². The summed E-state index contributed by atoms with van der Waals surface area (Å²) in [6.45, 7) is 0.430. The van der Waals surface area contributed by atoms with Gasteiger partial charge in [-0.05, 0) is 62.9 Å². The van der Waals surface area contributed by atoms with Gasteiger partial charge in [0.05, 0.1) is 11.6 Å². The number of carbonyl (C=O) groups is 3. The number of phenolic OH excluding ortho intramolecular Hbond substituents is 1. The molecule has 4 atom stereocenters. The van der Waals surface area contributed by atoms with Crippen molar-refractivity contribution in [3.05, 3.63) is 44.7 Å². The molecular formula is C27H32ClN3O7. The molecule has 11 heteroatoms. The zero-order valence-electron chi connectivity index (χ0n) is 21.3. The number of hydrogen-bond acceptors (Lipinski definition) is 9. The van der Waals surface area contributed by atoms with Crippen LogP contribution in [-0.2, 0) is 27.3 Å². The van der Waals surface area contributed by atoms with Crippen molar-refractivity contribution in [3.63, 3.8) is 0 Å². The Morgan fingerprint density at radius 1 is 1.21 bits per heavy atom. The predicted octanol–water partition coefficient (Wildman–Crippen LogP) is 1.65. The van der Waals surface area contributed by atoms with Crippen LogP contribution in [0.15, 0.2) is 23.0 Å². The SMILES string of the molecule is CN(C)[C@@H]1C(=O)C(C(N)=O)=C(O)[C@@]2(O)C(=O)C3=C(O)c4c(O)cc(CNC5CCCC5)c(Cl)c4C[C@H]3C[C@@H]12. The van der Waals surface area contributed by atoms with Crippen molar-refractivity contribution < 1.29 is 34.8 Å². The molecule has 1 aromatic rings. The highest BCUT2D eigenvalue weighted by Crippen LogP contribution is 2.53. The highest BCUT2D eigenvalue weighted by Gasteiger charge is 2.64. The second-order valence-corrected chi connectivity index (χ2v) is 11.4. The van der Waals surface area contributed by atoms with Crippen LogP contribution in [-0.4, -0.2) is 74.6 Å². The van der Waals surface area contributed by atoms with Gasteiger partial charge in [0.25, 0.3) is 5.91 Å². The van der Waals surface area contributed by atoms with E-state index in [0.29, 0.717) is 28.7 Å². The van der Waals surface area contributed by atoms with E-state index in [-0.39, 0.29) is 29.7 Å². The summed E-state index contributed by atoms with van der Waals surface area (Å²) >= 11 is 6.78. The lowest BCUT2D eigenvalue weighted by Gasteiger charge is -2.50. The van der Waals surface area contributed by atoms with Crippen LogP contribution in [0.4, 0.5) is 0 Å². The van der Waals surface area contributed by atoms with Gasteiger partial charge < -0.3 is 31.5 Å². The number of nitrogens with two attached hydrogens (primary N) is 1. The highest BCUT2D eigenvalue weighted by atomic mass is 35.5. The van der Waals surface area contributed by atoms with Crippen LogP contribution in [0.25, 0.3) is 5.76 Å². The van der Waals surface area contributed by atoms with Crippen LogP contribution < -0.4 is 11.1 Å². The number of aromatic hydroxyl groups is 1. The highest BCUT2D eigenvalue weighted by molar-refractivity contribution is 6.32. The molecule has 10 nitrogen and oxygen atoms in total. The Labute approximate surface area is 224 Å². The van der Waals surface area contributed by atoms with Crippen LogP contribution in [0.1, 0.15) is 48.8 Å². The summed E-state index contributed by atoms with van der Waals surface area (Å²) in [5, 5.41) is 48.5. The van der Waals surface area contributed by atoms with E-state index in [9.17, 15) is 34.8 Å². The Morgan fingerprint density at radius 2 is 1.87 bits per heavy atom. The first-order valence-electron chi connectivity index (χ1n) is 12.8.